The lowest BCUT2D eigenvalue weighted by Crippen LogP contribution is -2.46. The Balaban J connectivity index is 2.51. The Kier molecular flexibility index (Phi) is 3.54. The summed E-state index contributed by atoms with van der Waals surface area (Å²) in [7, 11) is 0. The van der Waals surface area contributed by atoms with E-state index in [1.807, 2.05) is 4.98 Å². The molecule has 1 saturated heterocycles. The summed E-state index contributed by atoms with van der Waals surface area (Å²) < 4.78 is 19.9. The molecule has 0 saturated carbocycles. The van der Waals surface area contributed by atoms with E-state index in [0.29, 0.717) is 4.57 Å². The highest BCUT2D eigenvalue weighted by molar-refractivity contribution is 5.05. The molecule has 20 heavy (non-hydrogen) atoms. The summed E-state index contributed by atoms with van der Waals surface area (Å²) >= 11 is 0. The number of aliphatic hydroxyl groups excluding tert-OH is 2. The van der Waals surface area contributed by atoms with E-state index in [4.69, 9.17) is 4.74 Å². The van der Waals surface area contributed by atoms with Gasteiger partial charge in [-0.3, -0.25) is 14.3 Å². The van der Waals surface area contributed by atoms with Crippen LogP contribution >= 0.6 is 0 Å². The second-order valence-corrected chi connectivity index (χ2v) is 4.84. The Labute approximate surface area is 112 Å². The van der Waals surface area contributed by atoms with Gasteiger partial charge < -0.3 is 20.1 Å². The Bertz CT molecular complexity index is 622. The molecule has 5 atom stereocenters. The van der Waals surface area contributed by atoms with Crippen LogP contribution in [-0.4, -0.2) is 49.0 Å². The summed E-state index contributed by atoms with van der Waals surface area (Å²) in [4.78, 5) is 24.8. The number of aromatic amines is 1. The van der Waals surface area contributed by atoms with Gasteiger partial charge in [0, 0.05) is 11.8 Å². The van der Waals surface area contributed by atoms with Crippen LogP contribution in [0.5, 0.6) is 0 Å². The third kappa shape index (κ3) is 2.18. The summed E-state index contributed by atoms with van der Waals surface area (Å²) in [6.07, 6.45) is -5.58. The number of hydrogen-bond acceptors (Lipinski definition) is 6. The van der Waals surface area contributed by atoms with Gasteiger partial charge in [-0.25, -0.2) is 9.18 Å². The lowest BCUT2D eigenvalue weighted by atomic mass is 10.0. The SMILES string of the molecule is Cc1cn([C@@H]2O[C@H](C(C)O)[C@@H](O)[C@@]2(O)F)c(=O)[nH]c1=O. The molecule has 0 bridgehead atoms. The molecular weight excluding hydrogens is 275 g/mol. The number of alkyl halides is 1. The molecule has 1 aromatic heterocycles. The van der Waals surface area contributed by atoms with E-state index < -0.39 is 41.6 Å². The van der Waals surface area contributed by atoms with Gasteiger partial charge in [0.25, 0.3) is 11.4 Å². The van der Waals surface area contributed by atoms with Crippen molar-refractivity contribution in [3.8, 4) is 0 Å². The van der Waals surface area contributed by atoms with Crippen molar-refractivity contribution in [3.05, 3.63) is 32.6 Å². The standard InChI is InChI=1S/C11H15FN2O6/c1-4-3-14(10(18)13-8(4)17)9-11(12,19)7(16)6(20-9)5(2)15/h3,5-7,9,15-16,19H,1-2H3,(H,13,17,18)/t5?,6-,7-,9-,11+/m1/s1. The molecule has 1 fully saturated rings. The maximum absolute atomic E-state index is 14.2. The van der Waals surface area contributed by atoms with Gasteiger partial charge in [-0.1, -0.05) is 0 Å². The predicted octanol–water partition coefficient (Wildman–Crippen LogP) is -1.86. The van der Waals surface area contributed by atoms with Crippen LogP contribution in [0.3, 0.4) is 0 Å². The maximum atomic E-state index is 14.2. The van der Waals surface area contributed by atoms with E-state index in [0.717, 1.165) is 6.20 Å². The molecule has 1 aliphatic rings. The van der Waals surface area contributed by atoms with E-state index in [-0.39, 0.29) is 5.56 Å². The first-order valence-corrected chi connectivity index (χ1v) is 5.91. The highest BCUT2D eigenvalue weighted by Gasteiger charge is 2.59. The minimum absolute atomic E-state index is 0.0963. The molecule has 2 rings (SSSR count). The van der Waals surface area contributed by atoms with Gasteiger partial charge in [0.15, 0.2) is 6.23 Å². The summed E-state index contributed by atoms with van der Waals surface area (Å²) in [5, 5.41) is 28.7. The molecule has 2 heterocycles. The van der Waals surface area contributed by atoms with Gasteiger partial charge in [0.1, 0.15) is 12.2 Å². The number of rotatable bonds is 2. The molecule has 0 aromatic carbocycles. The van der Waals surface area contributed by atoms with E-state index in [2.05, 4.69) is 0 Å². The first kappa shape index (κ1) is 14.9. The van der Waals surface area contributed by atoms with Crippen molar-refractivity contribution >= 4 is 0 Å². The van der Waals surface area contributed by atoms with Crippen molar-refractivity contribution in [1.29, 1.82) is 0 Å². The lowest BCUT2D eigenvalue weighted by molar-refractivity contribution is -0.197. The average Bonchev–Trinajstić information content (AvgIpc) is 2.56. The number of nitrogens with zero attached hydrogens (tertiary/aromatic N) is 1. The fourth-order valence-electron chi connectivity index (χ4n) is 2.09. The van der Waals surface area contributed by atoms with Gasteiger partial charge in [0.05, 0.1) is 6.10 Å². The molecule has 0 amide bonds. The number of nitrogens with one attached hydrogen (secondary N) is 1. The zero-order valence-electron chi connectivity index (χ0n) is 10.8. The van der Waals surface area contributed by atoms with Crippen molar-refractivity contribution < 1.29 is 24.4 Å². The smallest absolute Gasteiger partial charge is 0.330 e. The molecule has 4 N–H and O–H groups in total. The third-order valence-electron chi connectivity index (χ3n) is 3.23. The first-order chi connectivity index (χ1) is 9.16. The molecule has 8 nitrogen and oxygen atoms in total. The number of aryl methyl sites for hydroxylation is 1. The molecule has 1 aliphatic heterocycles. The van der Waals surface area contributed by atoms with Gasteiger partial charge in [-0.05, 0) is 13.8 Å². The molecule has 0 radical (unpaired) electrons. The zero-order valence-corrected chi connectivity index (χ0v) is 10.8. The fraction of sp³-hybridized carbons (Fsp3) is 0.636. The monoisotopic (exact) mass is 290 g/mol. The second-order valence-electron chi connectivity index (χ2n) is 4.84. The Morgan fingerprint density at radius 3 is 2.65 bits per heavy atom. The quantitative estimate of drug-likeness (QED) is 0.506. The number of hydrogen-bond donors (Lipinski definition) is 4. The van der Waals surface area contributed by atoms with Crippen LogP contribution in [0.4, 0.5) is 4.39 Å². The predicted molar refractivity (Wildman–Crippen MR) is 63.7 cm³/mol. The summed E-state index contributed by atoms with van der Waals surface area (Å²) in [6.45, 7) is 2.62. The molecular formula is C11H15FN2O6. The number of halogens is 1. The van der Waals surface area contributed by atoms with Crippen LogP contribution in [0.1, 0.15) is 18.7 Å². The van der Waals surface area contributed by atoms with Crippen LogP contribution in [0.2, 0.25) is 0 Å². The molecule has 1 unspecified atom stereocenters. The lowest BCUT2D eigenvalue weighted by Gasteiger charge is -2.23. The molecule has 0 spiro atoms. The van der Waals surface area contributed by atoms with Crippen LogP contribution in [-0.2, 0) is 4.74 Å². The normalized spacial score (nSPS) is 35.2. The molecule has 9 heteroatoms. The van der Waals surface area contributed by atoms with Gasteiger partial charge in [-0.2, -0.15) is 0 Å². The third-order valence-corrected chi connectivity index (χ3v) is 3.23. The summed E-state index contributed by atoms with van der Waals surface area (Å²) in [5.74, 6) is -3.28. The minimum atomic E-state index is -3.28. The fourth-order valence-corrected chi connectivity index (χ4v) is 2.09. The van der Waals surface area contributed by atoms with Crippen molar-refractivity contribution in [2.45, 2.75) is 44.2 Å². The highest BCUT2D eigenvalue weighted by Crippen LogP contribution is 2.39. The number of ether oxygens (including phenoxy) is 1. The number of aliphatic hydroxyl groups is 3. The van der Waals surface area contributed by atoms with Crippen molar-refractivity contribution in [3.63, 3.8) is 0 Å². The van der Waals surface area contributed by atoms with E-state index in [1.54, 1.807) is 0 Å². The maximum Gasteiger partial charge on any atom is 0.330 e. The van der Waals surface area contributed by atoms with Crippen molar-refractivity contribution in [1.82, 2.24) is 9.55 Å². The van der Waals surface area contributed by atoms with E-state index in [1.165, 1.54) is 13.8 Å². The topological polar surface area (TPSA) is 125 Å². The molecule has 0 aliphatic carbocycles. The zero-order chi connectivity index (χ0) is 15.2. The van der Waals surface area contributed by atoms with Crippen molar-refractivity contribution in [2.75, 3.05) is 0 Å². The first-order valence-electron chi connectivity index (χ1n) is 5.91. The Morgan fingerprint density at radius 2 is 2.15 bits per heavy atom. The number of aromatic nitrogens is 2. The van der Waals surface area contributed by atoms with Crippen LogP contribution in [0.25, 0.3) is 0 Å². The summed E-state index contributed by atoms with van der Waals surface area (Å²) in [6, 6.07) is 0. The molecule has 112 valence electrons. The van der Waals surface area contributed by atoms with E-state index in [9.17, 15) is 29.3 Å². The van der Waals surface area contributed by atoms with Gasteiger partial charge in [0.2, 0.25) is 0 Å². The number of H-pyrrole nitrogens is 1. The highest BCUT2D eigenvalue weighted by atomic mass is 19.2. The van der Waals surface area contributed by atoms with Crippen molar-refractivity contribution in [2.24, 2.45) is 0 Å². The second kappa shape index (κ2) is 4.77. The van der Waals surface area contributed by atoms with Gasteiger partial charge in [-0.15, -0.1) is 0 Å². The van der Waals surface area contributed by atoms with Crippen LogP contribution in [0.15, 0.2) is 15.8 Å². The Morgan fingerprint density at radius 1 is 1.55 bits per heavy atom. The summed E-state index contributed by atoms with van der Waals surface area (Å²) in [5.41, 5.74) is -1.56. The van der Waals surface area contributed by atoms with Crippen LogP contribution < -0.4 is 11.2 Å². The molecule has 1 aromatic rings. The minimum Gasteiger partial charge on any atom is -0.391 e. The Hall–Kier alpha value is -1.55. The van der Waals surface area contributed by atoms with Crippen LogP contribution in [0, 0.1) is 6.92 Å². The largest absolute Gasteiger partial charge is 0.391 e. The average molecular weight is 290 g/mol. The van der Waals surface area contributed by atoms with E-state index >= 15 is 0 Å². The van der Waals surface area contributed by atoms with Gasteiger partial charge >= 0.3 is 5.69 Å².